The fourth-order valence-electron chi connectivity index (χ4n) is 6.01. The van der Waals surface area contributed by atoms with Crippen molar-refractivity contribution in [2.75, 3.05) is 12.5 Å². The van der Waals surface area contributed by atoms with Crippen LogP contribution in [0.4, 0.5) is 0 Å². The number of aliphatic carboxylic acids is 1. The van der Waals surface area contributed by atoms with Crippen molar-refractivity contribution in [2.45, 2.75) is 56.1 Å². The van der Waals surface area contributed by atoms with Crippen LogP contribution >= 0.6 is 0 Å². The Morgan fingerprint density at radius 3 is 1.85 bits per heavy atom. The molecule has 0 aliphatic heterocycles. The molecule has 4 saturated carbocycles. The van der Waals surface area contributed by atoms with Gasteiger partial charge in [0.05, 0.1) is 23.7 Å². The Hall–Kier alpha value is -0.970. The van der Waals surface area contributed by atoms with E-state index in [1.165, 1.54) is 0 Å². The van der Waals surface area contributed by atoms with Gasteiger partial charge in [0.2, 0.25) is 0 Å². The van der Waals surface area contributed by atoms with E-state index in [4.69, 9.17) is 8.37 Å². The van der Waals surface area contributed by atoms with E-state index in [2.05, 4.69) is 6.58 Å². The number of carboxylic acid groups (broad SMARTS) is 1. The molecule has 0 aromatic heterocycles. The van der Waals surface area contributed by atoms with Crippen LogP contribution in [0.3, 0.4) is 0 Å². The van der Waals surface area contributed by atoms with Crippen LogP contribution in [0.25, 0.3) is 0 Å². The van der Waals surface area contributed by atoms with Crippen molar-refractivity contribution in [2.24, 2.45) is 11.3 Å². The van der Waals surface area contributed by atoms with E-state index in [0.29, 0.717) is 32.1 Å². The van der Waals surface area contributed by atoms with Crippen molar-refractivity contribution in [3.05, 3.63) is 12.2 Å². The van der Waals surface area contributed by atoms with Crippen molar-refractivity contribution in [3.63, 3.8) is 0 Å². The number of carboxylic acids is 1. The molecular weight excluding hydrogens is 384 g/mol. The fourth-order valence-corrected chi connectivity index (χ4v) is 7.67. The van der Waals surface area contributed by atoms with Gasteiger partial charge in [-0.3, -0.25) is 8.37 Å². The summed E-state index contributed by atoms with van der Waals surface area (Å²) in [7, 11) is -7.54. The van der Waals surface area contributed by atoms with Gasteiger partial charge in [-0.2, -0.15) is 16.8 Å². The van der Waals surface area contributed by atoms with E-state index in [0.717, 1.165) is 12.5 Å². The van der Waals surface area contributed by atoms with Gasteiger partial charge in [0.1, 0.15) is 0 Å². The van der Waals surface area contributed by atoms with Gasteiger partial charge in [-0.1, -0.05) is 6.58 Å². The van der Waals surface area contributed by atoms with E-state index in [-0.39, 0.29) is 24.3 Å². The highest BCUT2D eigenvalue weighted by molar-refractivity contribution is 7.86. The minimum Gasteiger partial charge on any atom is -0.478 e. The van der Waals surface area contributed by atoms with Gasteiger partial charge in [0, 0.05) is 12.0 Å². The lowest BCUT2D eigenvalue weighted by molar-refractivity contribution is -0.207. The van der Waals surface area contributed by atoms with Crippen LogP contribution in [0.15, 0.2) is 12.2 Å². The Kier molecular flexibility index (Phi) is 4.38. The molecule has 4 rings (SSSR count). The highest BCUT2D eigenvalue weighted by atomic mass is 32.2. The Morgan fingerprint density at radius 1 is 1.00 bits per heavy atom. The topological polar surface area (TPSA) is 124 Å². The maximum Gasteiger partial charge on any atom is 0.330 e. The maximum atomic E-state index is 11.8. The fraction of sp³-hybridized carbons (Fsp3) is 0.812. The molecule has 0 aromatic rings. The Balaban J connectivity index is 2.03. The lowest BCUT2D eigenvalue weighted by Crippen LogP contribution is -2.65. The minimum absolute atomic E-state index is 0.0105. The SMILES string of the molecule is C=C(CC12CC3CC(OS(C)(=O)=O)(C1)CC(OS(C)(=O)=O)(C3)C2)C(=O)O. The van der Waals surface area contributed by atoms with Crippen LogP contribution in [0.5, 0.6) is 0 Å². The van der Waals surface area contributed by atoms with E-state index in [1.807, 2.05) is 0 Å². The first-order valence-corrected chi connectivity index (χ1v) is 12.0. The summed E-state index contributed by atoms with van der Waals surface area (Å²) >= 11 is 0. The molecule has 4 fully saturated rings. The first kappa shape index (κ1) is 19.8. The molecule has 8 nitrogen and oxygen atoms in total. The highest BCUT2D eigenvalue weighted by Crippen LogP contribution is 2.67. The summed E-state index contributed by atoms with van der Waals surface area (Å²) in [4.78, 5) is 11.3. The largest absolute Gasteiger partial charge is 0.478 e. The van der Waals surface area contributed by atoms with Crippen molar-refractivity contribution in [3.8, 4) is 0 Å². The van der Waals surface area contributed by atoms with E-state index in [1.54, 1.807) is 0 Å². The molecule has 148 valence electrons. The predicted octanol–water partition coefficient (Wildman–Crippen LogP) is 1.43. The summed E-state index contributed by atoms with van der Waals surface area (Å²) in [6, 6.07) is 0. The third kappa shape index (κ3) is 3.97. The van der Waals surface area contributed by atoms with Gasteiger partial charge in [-0.15, -0.1) is 0 Å². The van der Waals surface area contributed by atoms with Crippen LogP contribution in [-0.2, 0) is 33.4 Å². The number of hydrogen-bond donors (Lipinski definition) is 1. The quantitative estimate of drug-likeness (QED) is 0.495. The summed E-state index contributed by atoms with van der Waals surface area (Å²) in [5, 5.41) is 9.23. The zero-order valence-electron chi connectivity index (χ0n) is 14.9. The summed E-state index contributed by atoms with van der Waals surface area (Å²) in [6.07, 6.45) is 4.64. The zero-order chi connectivity index (χ0) is 19.6. The zero-order valence-corrected chi connectivity index (χ0v) is 16.5. The minimum atomic E-state index is -3.77. The van der Waals surface area contributed by atoms with Crippen molar-refractivity contribution >= 4 is 26.2 Å². The van der Waals surface area contributed by atoms with Crippen molar-refractivity contribution in [1.29, 1.82) is 0 Å². The predicted molar refractivity (Wildman–Crippen MR) is 92.3 cm³/mol. The molecule has 1 N–H and O–H groups in total. The number of carbonyl (C=O) groups is 1. The summed E-state index contributed by atoms with van der Waals surface area (Å²) in [5.41, 5.74) is -2.69. The molecule has 0 saturated heterocycles. The molecule has 0 spiro atoms. The van der Waals surface area contributed by atoms with Gasteiger partial charge in [-0.25, -0.2) is 4.79 Å². The smallest absolute Gasteiger partial charge is 0.330 e. The Labute approximate surface area is 153 Å². The molecule has 0 heterocycles. The molecular formula is C16H24O8S2. The molecule has 0 radical (unpaired) electrons. The normalized spacial score (nSPS) is 39.1. The summed E-state index contributed by atoms with van der Waals surface area (Å²) in [5.74, 6) is -1.10. The van der Waals surface area contributed by atoms with Gasteiger partial charge in [-0.05, 0) is 49.9 Å². The third-order valence-corrected chi connectivity index (χ3v) is 6.94. The number of rotatable bonds is 7. The van der Waals surface area contributed by atoms with Crippen molar-refractivity contribution < 1.29 is 35.1 Å². The lowest BCUT2D eigenvalue weighted by Gasteiger charge is -2.64. The molecule has 0 amide bonds. The highest BCUT2D eigenvalue weighted by Gasteiger charge is 2.66. The molecule has 4 bridgehead atoms. The second-order valence-electron chi connectivity index (χ2n) is 8.54. The van der Waals surface area contributed by atoms with Crippen molar-refractivity contribution in [1.82, 2.24) is 0 Å². The lowest BCUT2D eigenvalue weighted by atomic mass is 9.45. The van der Waals surface area contributed by atoms with E-state index >= 15 is 0 Å². The third-order valence-electron chi connectivity index (χ3n) is 5.63. The molecule has 2 unspecified atom stereocenters. The second-order valence-corrected chi connectivity index (χ2v) is 11.7. The first-order chi connectivity index (χ1) is 11.6. The standard InChI is InChI=1S/C16H24O8S2/c1-11(13(17)18)4-14-5-12-6-15(8-14,23-25(2,19)20)10-16(7-12,9-14)24-26(3,21)22/h12H,1,4-10H2,2-3H3,(H,17,18). The molecule has 4 aliphatic carbocycles. The van der Waals surface area contributed by atoms with E-state index in [9.17, 15) is 26.7 Å². The number of hydrogen-bond acceptors (Lipinski definition) is 7. The van der Waals surface area contributed by atoms with Crippen LogP contribution in [0.2, 0.25) is 0 Å². The second kappa shape index (κ2) is 5.76. The Morgan fingerprint density at radius 2 is 1.46 bits per heavy atom. The molecule has 0 aromatic carbocycles. The Bertz CT molecular complexity index is 807. The van der Waals surface area contributed by atoms with E-state index < -0.39 is 42.8 Å². The first-order valence-electron chi connectivity index (χ1n) is 8.37. The summed E-state index contributed by atoms with van der Waals surface area (Å²) < 4.78 is 58.3. The van der Waals surface area contributed by atoms with Crippen LogP contribution < -0.4 is 0 Å². The van der Waals surface area contributed by atoms with Crippen LogP contribution in [0.1, 0.15) is 44.9 Å². The van der Waals surface area contributed by atoms with Crippen LogP contribution in [0, 0.1) is 11.3 Å². The van der Waals surface area contributed by atoms with Gasteiger partial charge < -0.3 is 5.11 Å². The summed E-state index contributed by atoms with van der Waals surface area (Å²) in [6.45, 7) is 3.61. The molecule has 4 aliphatic rings. The molecule has 10 heteroatoms. The van der Waals surface area contributed by atoms with Gasteiger partial charge in [0.15, 0.2) is 0 Å². The molecule has 2 atom stereocenters. The van der Waals surface area contributed by atoms with Gasteiger partial charge >= 0.3 is 5.97 Å². The maximum absolute atomic E-state index is 11.8. The van der Waals surface area contributed by atoms with Gasteiger partial charge in [0.25, 0.3) is 20.2 Å². The average Bonchev–Trinajstić information content (AvgIpc) is 2.29. The molecule has 26 heavy (non-hydrogen) atoms. The monoisotopic (exact) mass is 408 g/mol. The average molecular weight is 408 g/mol. The van der Waals surface area contributed by atoms with Crippen LogP contribution in [-0.4, -0.2) is 51.6 Å².